The lowest BCUT2D eigenvalue weighted by molar-refractivity contribution is -0.121. The standard InChI is InChI=1S/C18H20BrN5O3S2/c1-12-15(23-18(19)28-12)8-17(25)22-16(13-6-4-3-5-7-13)10-21-29(26,27)14-9-20-24(2)11-14/h3-7,9,11,16,21H,8,10H2,1-2H3,(H,22,25). The molecule has 0 spiro atoms. The number of aryl methyl sites for hydroxylation is 2. The van der Waals surface area contributed by atoms with E-state index in [9.17, 15) is 13.2 Å². The van der Waals surface area contributed by atoms with Gasteiger partial charge in [0.1, 0.15) is 4.90 Å². The third-order valence-corrected chi connectivity index (χ3v) is 7.04. The van der Waals surface area contributed by atoms with Crippen molar-refractivity contribution in [2.75, 3.05) is 6.54 Å². The molecule has 3 aromatic rings. The molecule has 8 nitrogen and oxygen atoms in total. The highest BCUT2D eigenvalue weighted by molar-refractivity contribution is 9.11. The Morgan fingerprint density at radius 2 is 2.03 bits per heavy atom. The van der Waals surface area contributed by atoms with E-state index in [4.69, 9.17) is 0 Å². The highest BCUT2D eigenvalue weighted by Crippen LogP contribution is 2.23. The molecule has 1 aromatic carbocycles. The molecule has 1 unspecified atom stereocenters. The van der Waals surface area contributed by atoms with E-state index in [0.29, 0.717) is 5.69 Å². The Bertz CT molecular complexity index is 1100. The lowest BCUT2D eigenvalue weighted by Crippen LogP contribution is -2.38. The van der Waals surface area contributed by atoms with Gasteiger partial charge in [-0.25, -0.2) is 18.1 Å². The van der Waals surface area contributed by atoms with E-state index >= 15 is 0 Å². The predicted octanol–water partition coefficient (Wildman–Crippen LogP) is 2.33. The molecule has 29 heavy (non-hydrogen) atoms. The van der Waals surface area contributed by atoms with Crippen LogP contribution >= 0.6 is 27.3 Å². The zero-order valence-electron chi connectivity index (χ0n) is 15.8. The van der Waals surface area contributed by atoms with Gasteiger partial charge in [0.05, 0.1) is 24.4 Å². The lowest BCUT2D eigenvalue weighted by Gasteiger charge is -2.19. The highest BCUT2D eigenvalue weighted by atomic mass is 79.9. The summed E-state index contributed by atoms with van der Waals surface area (Å²) in [6.07, 6.45) is 2.81. The Kier molecular flexibility index (Phi) is 6.83. The Morgan fingerprint density at radius 1 is 1.31 bits per heavy atom. The Balaban J connectivity index is 1.73. The van der Waals surface area contributed by atoms with Crippen molar-refractivity contribution in [3.63, 3.8) is 0 Å². The van der Waals surface area contributed by atoms with Crippen LogP contribution in [0.1, 0.15) is 22.2 Å². The topological polar surface area (TPSA) is 106 Å². The van der Waals surface area contributed by atoms with Crippen LogP contribution in [-0.4, -0.2) is 35.6 Å². The molecule has 1 amide bonds. The molecule has 0 aliphatic rings. The molecule has 0 radical (unpaired) electrons. The summed E-state index contributed by atoms with van der Waals surface area (Å²) in [6, 6.07) is 8.69. The summed E-state index contributed by atoms with van der Waals surface area (Å²) in [4.78, 5) is 17.9. The summed E-state index contributed by atoms with van der Waals surface area (Å²) in [5.74, 6) is -0.236. The molecule has 2 heterocycles. The van der Waals surface area contributed by atoms with Crippen LogP contribution in [0.25, 0.3) is 0 Å². The number of sulfonamides is 1. The predicted molar refractivity (Wildman–Crippen MR) is 114 cm³/mol. The minimum Gasteiger partial charge on any atom is -0.348 e. The van der Waals surface area contributed by atoms with Crippen molar-refractivity contribution in [2.24, 2.45) is 7.05 Å². The van der Waals surface area contributed by atoms with Gasteiger partial charge in [-0.1, -0.05) is 30.3 Å². The van der Waals surface area contributed by atoms with Gasteiger partial charge < -0.3 is 5.32 Å². The maximum Gasteiger partial charge on any atom is 0.243 e. The third kappa shape index (κ3) is 5.72. The van der Waals surface area contributed by atoms with Crippen molar-refractivity contribution in [3.05, 3.63) is 62.8 Å². The number of rotatable bonds is 8. The first-order chi connectivity index (χ1) is 13.7. The molecule has 0 bridgehead atoms. The van der Waals surface area contributed by atoms with Crippen molar-refractivity contribution in [2.45, 2.75) is 24.3 Å². The summed E-state index contributed by atoms with van der Waals surface area (Å²) in [5.41, 5.74) is 1.49. The fraction of sp³-hybridized carbons (Fsp3) is 0.278. The molecule has 0 fully saturated rings. The molecule has 0 aliphatic heterocycles. The molecular formula is C18H20BrN5O3S2. The molecule has 0 saturated heterocycles. The third-order valence-electron chi connectivity index (χ3n) is 4.20. The monoisotopic (exact) mass is 497 g/mol. The molecule has 1 atom stereocenters. The van der Waals surface area contributed by atoms with Crippen LogP contribution < -0.4 is 10.0 Å². The van der Waals surface area contributed by atoms with Crippen LogP contribution in [0.3, 0.4) is 0 Å². The maximum atomic E-state index is 12.6. The van der Waals surface area contributed by atoms with E-state index < -0.39 is 16.1 Å². The molecule has 0 aliphatic carbocycles. The van der Waals surface area contributed by atoms with Gasteiger partial charge in [0.2, 0.25) is 15.9 Å². The summed E-state index contributed by atoms with van der Waals surface area (Å²) in [6.45, 7) is 1.91. The number of thiazole rings is 1. The SMILES string of the molecule is Cc1sc(Br)nc1CC(=O)NC(CNS(=O)(=O)c1cnn(C)c1)c1ccccc1. The first-order valence-electron chi connectivity index (χ1n) is 8.69. The van der Waals surface area contributed by atoms with Crippen LogP contribution in [0.15, 0.2) is 51.5 Å². The molecule has 154 valence electrons. The number of nitrogens with zero attached hydrogens (tertiary/aromatic N) is 3. The molecule has 11 heteroatoms. The minimum absolute atomic E-state index is 0.00667. The summed E-state index contributed by atoms with van der Waals surface area (Å²) >= 11 is 4.79. The first-order valence-corrected chi connectivity index (χ1v) is 11.8. The maximum absolute atomic E-state index is 12.6. The van der Waals surface area contributed by atoms with E-state index in [-0.39, 0.29) is 23.8 Å². The normalized spacial score (nSPS) is 12.7. The van der Waals surface area contributed by atoms with Crippen molar-refractivity contribution in [1.82, 2.24) is 24.8 Å². The zero-order chi connectivity index (χ0) is 21.0. The van der Waals surface area contributed by atoms with Crippen LogP contribution in [-0.2, 0) is 28.3 Å². The quantitative estimate of drug-likeness (QED) is 0.496. The van der Waals surface area contributed by atoms with Gasteiger partial charge in [-0.2, -0.15) is 5.10 Å². The number of hydrogen-bond acceptors (Lipinski definition) is 6. The van der Waals surface area contributed by atoms with Crippen LogP contribution in [0.4, 0.5) is 0 Å². The van der Waals surface area contributed by atoms with Crippen LogP contribution in [0.2, 0.25) is 0 Å². The summed E-state index contributed by atoms with van der Waals surface area (Å²) < 4.78 is 29.7. The van der Waals surface area contributed by atoms with Crippen molar-refractivity contribution in [1.29, 1.82) is 0 Å². The molecule has 2 N–H and O–H groups in total. The summed E-state index contributed by atoms with van der Waals surface area (Å²) in [7, 11) is -2.10. The first kappa shape index (κ1) is 21.6. The van der Waals surface area contributed by atoms with E-state index in [1.165, 1.54) is 28.4 Å². The fourth-order valence-electron chi connectivity index (χ4n) is 2.71. The molecule has 2 aromatic heterocycles. The van der Waals surface area contributed by atoms with Gasteiger partial charge >= 0.3 is 0 Å². The number of aromatic nitrogens is 3. The Morgan fingerprint density at radius 3 is 2.62 bits per heavy atom. The lowest BCUT2D eigenvalue weighted by atomic mass is 10.1. The Hall–Kier alpha value is -2.08. The van der Waals surface area contributed by atoms with Gasteiger partial charge in [-0.05, 0) is 28.4 Å². The number of halogens is 1. The van der Waals surface area contributed by atoms with E-state index in [1.807, 2.05) is 37.3 Å². The van der Waals surface area contributed by atoms with Crippen LogP contribution in [0.5, 0.6) is 0 Å². The van der Waals surface area contributed by atoms with Gasteiger partial charge in [0, 0.05) is 24.7 Å². The number of carbonyl (C=O) groups excluding carboxylic acids is 1. The second-order valence-corrected chi connectivity index (χ2v) is 10.6. The van der Waals surface area contributed by atoms with Crippen LogP contribution in [0, 0.1) is 6.92 Å². The van der Waals surface area contributed by atoms with Crippen molar-refractivity contribution >= 4 is 43.2 Å². The smallest absolute Gasteiger partial charge is 0.243 e. The average Bonchev–Trinajstić information content (AvgIpc) is 3.25. The largest absolute Gasteiger partial charge is 0.348 e. The summed E-state index contributed by atoms with van der Waals surface area (Å²) in [5, 5.41) is 6.80. The van der Waals surface area contributed by atoms with Gasteiger partial charge in [-0.15, -0.1) is 11.3 Å². The van der Waals surface area contributed by atoms with Gasteiger partial charge in [0.15, 0.2) is 3.92 Å². The highest BCUT2D eigenvalue weighted by Gasteiger charge is 2.21. The number of hydrogen-bond donors (Lipinski definition) is 2. The average molecular weight is 498 g/mol. The fourth-order valence-corrected chi connectivity index (χ4v) is 5.32. The number of benzene rings is 1. The van der Waals surface area contributed by atoms with E-state index in [0.717, 1.165) is 14.4 Å². The van der Waals surface area contributed by atoms with Gasteiger partial charge in [-0.3, -0.25) is 9.48 Å². The van der Waals surface area contributed by atoms with E-state index in [1.54, 1.807) is 7.05 Å². The molecule has 0 saturated carbocycles. The van der Waals surface area contributed by atoms with Crippen molar-refractivity contribution in [3.8, 4) is 0 Å². The minimum atomic E-state index is -3.74. The molecule has 3 rings (SSSR count). The number of carbonyl (C=O) groups is 1. The second-order valence-electron chi connectivity index (χ2n) is 6.38. The number of amides is 1. The second kappa shape index (κ2) is 9.16. The van der Waals surface area contributed by atoms with Crippen molar-refractivity contribution < 1.29 is 13.2 Å². The van der Waals surface area contributed by atoms with E-state index in [2.05, 4.69) is 36.1 Å². The zero-order valence-corrected chi connectivity index (χ0v) is 19.0. The number of nitrogens with one attached hydrogen (secondary N) is 2. The Labute approximate surface area is 181 Å². The molecular weight excluding hydrogens is 478 g/mol. The van der Waals surface area contributed by atoms with Gasteiger partial charge in [0.25, 0.3) is 0 Å².